The van der Waals surface area contributed by atoms with E-state index < -0.39 is 11.9 Å². The van der Waals surface area contributed by atoms with E-state index >= 15 is 0 Å². The highest BCUT2D eigenvalue weighted by Crippen LogP contribution is 2.29. The second-order valence-electron chi connectivity index (χ2n) is 4.99. The summed E-state index contributed by atoms with van der Waals surface area (Å²) >= 11 is 0. The molecule has 3 heteroatoms. The van der Waals surface area contributed by atoms with Crippen LogP contribution >= 0.6 is 0 Å². The highest BCUT2D eigenvalue weighted by Gasteiger charge is 2.13. The Kier molecular flexibility index (Phi) is 6.27. The van der Waals surface area contributed by atoms with Crippen LogP contribution in [0.4, 0.5) is 0 Å². The first-order valence-electron chi connectivity index (χ1n) is 7.54. The summed E-state index contributed by atoms with van der Waals surface area (Å²) in [6.45, 7) is 0. The molecule has 0 bridgehead atoms. The van der Waals surface area contributed by atoms with Crippen LogP contribution in [0.3, 0.4) is 0 Å². The van der Waals surface area contributed by atoms with Gasteiger partial charge in [-0.15, -0.1) is 12.8 Å². The van der Waals surface area contributed by atoms with E-state index in [0.29, 0.717) is 11.1 Å². The second-order valence-corrected chi connectivity index (χ2v) is 4.99. The highest BCUT2D eigenvalue weighted by atomic mass is 16.6. The number of rotatable bonds is 2. The summed E-state index contributed by atoms with van der Waals surface area (Å²) in [6.07, 6.45) is 8.00. The maximum atomic E-state index is 11.6. The normalized spacial score (nSPS) is 9.36. The van der Waals surface area contributed by atoms with Gasteiger partial charge in [0.1, 0.15) is 0 Å². The average molecular weight is 328 g/mol. The van der Waals surface area contributed by atoms with Crippen LogP contribution in [0.25, 0.3) is 11.1 Å². The molecule has 0 unspecified atom stereocenters. The standard InChI is InChI=1S/C14H10O3.C6H4.C2H2/c15-13(11-7-3-1-4-8-11)17-14(16)12-9-5-2-6-10-12;1-2-6-4-3-5(1)6;1-2/h1-10H;1-4H;1-2H. The van der Waals surface area contributed by atoms with E-state index in [9.17, 15) is 9.59 Å². The number of ether oxygens (including phenoxy) is 1. The molecule has 122 valence electrons. The monoisotopic (exact) mass is 328 g/mol. The second kappa shape index (κ2) is 8.85. The van der Waals surface area contributed by atoms with E-state index in [0.717, 1.165) is 0 Å². The molecule has 0 fully saturated rings. The predicted molar refractivity (Wildman–Crippen MR) is 98.0 cm³/mol. The largest absolute Gasteiger partial charge is 0.386 e. The van der Waals surface area contributed by atoms with Crippen molar-refractivity contribution in [2.24, 2.45) is 0 Å². The number of fused-ring (bicyclic) bond motifs is 1. The Balaban J connectivity index is 0.000000231. The van der Waals surface area contributed by atoms with E-state index in [1.807, 2.05) is 0 Å². The number of carbonyl (C=O) groups excluding carboxylic acids is 2. The predicted octanol–water partition coefficient (Wildman–Crippen LogP) is 4.60. The van der Waals surface area contributed by atoms with E-state index in [4.69, 9.17) is 4.74 Å². The highest BCUT2D eigenvalue weighted by molar-refractivity contribution is 6.02. The van der Waals surface area contributed by atoms with Crippen molar-refractivity contribution in [2.75, 3.05) is 0 Å². The molecule has 25 heavy (non-hydrogen) atoms. The third-order valence-electron chi connectivity index (χ3n) is 3.42. The summed E-state index contributed by atoms with van der Waals surface area (Å²) in [6, 6.07) is 25.3. The minimum absolute atomic E-state index is 0.358. The summed E-state index contributed by atoms with van der Waals surface area (Å²) < 4.78 is 4.74. The molecular formula is C22H16O3. The van der Waals surface area contributed by atoms with Crippen molar-refractivity contribution in [3.63, 3.8) is 0 Å². The first-order valence-corrected chi connectivity index (χ1v) is 7.54. The maximum absolute atomic E-state index is 11.6. The van der Waals surface area contributed by atoms with Gasteiger partial charge in [-0.2, -0.15) is 0 Å². The minimum Gasteiger partial charge on any atom is -0.386 e. The molecule has 0 N–H and O–H groups in total. The zero-order chi connectivity index (χ0) is 18.1. The molecule has 2 aliphatic carbocycles. The number of carbonyl (C=O) groups is 2. The van der Waals surface area contributed by atoms with Crippen molar-refractivity contribution in [1.82, 2.24) is 0 Å². The number of benzene rings is 3. The van der Waals surface area contributed by atoms with E-state index in [2.05, 4.69) is 37.1 Å². The Morgan fingerprint density at radius 3 is 1.12 bits per heavy atom. The molecule has 0 aliphatic heterocycles. The molecular weight excluding hydrogens is 312 g/mol. The van der Waals surface area contributed by atoms with Crippen molar-refractivity contribution < 1.29 is 14.3 Å². The zero-order valence-corrected chi connectivity index (χ0v) is 13.5. The Bertz CT molecular complexity index is 778. The number of hydrogen-bond acceptors (Lipinski definition) is 3. The van der Waals surface area contributed by atoms with Gasteiger partial charge in [-0.1, -0.05) is 60.7 Å². The van der Waals surface area contributed by atoms with E-state index in [1.165, 1.54) is 11.1 Å². The molecule has 0 radical (unpaired) electrons. The number of esters is 2. The van der Waals surface area contributed by atoms with Crippen LogP contribution < -0.4 is 0 Å². The van der Waals surface area contributed by atoms with E-state index in [-0.39, 0.29) is 0 Å². The molecule has 0 heterocycles. The third kappa shape index (κ3) is 4.66. The Hall–Kier alpha value is -3.64. The summed E-state index contributed by atoms with van der Waals surface area (Å²) in [5.74, 6) is -1.28. The van der Waals surface area contributed by atoms with Crippen LogP contribution in [0.5, 0.6) is 0 Å². The first-order chi connectivity index (χ1) is 12.2. The van der Waals surface area contributed by atoms with Gasteiger partial charge < -0.3 is 4.74 Å². The lowest BCUT2D eigenvalue weighted by molar-refractivity contribution is 0.0398. The van der Waals surface area contributed by atoms with Crippen molar-refractivity contribution in [2.45, 2.75) is 0 Å². The smallest absolute Gasteiger partial charge is 0.346 e. The number of terminal acetylenes is 1. The average Bonchev–Trinajstić information content (AvgIpc) is 2.68. The Morgan fingerprint density at radius 2 is 0.880 bits per heavy atom. The van der Waals surface area contributed by atoms with Crippen LogP contribution in [0.1, 0.15) is 20.7 Å². The molecule has 4 rings (SSSR count). The minimum atomic E-state index is -0.639. The van der Waals surface area contributed by atoms with Crippen molar-refractivity contribution in [3.05, 3.63) is 96.1 Å². The summed E-state index contributed by atoms with van der Waals surface area (Å²) in [4.78, 5) is 23.2. The zero-order valence-electron chi connectivity index (χ0n) is 13.5. The van der Waals surface area contributed by atoms with Gasteiger partial charge in [-0.05, 0) is 35.4 Å². The van der Waals surface area contributed by atoms with Gasteiger partial charge in [0.15, 0.2) is 0 Å². The van der Waals surface area contributed by atoms with Crippen LogP contribution in [0, 0.1) is 12.8 Å². The number of hydrogen-bond donors (Lipinski definition) is 0. The molecule has 0 aromatic heterocycles. The molecule has 3 nitrogen and oxygen atoms in total. The third-order valence-corrected chi connectivity index (χ3v) is 3.42. The van der Waals surface area contributed by atoms with Crippen LogP contribution in [-0.2, 0) is 4.74 Å². The first kappa shape index (κ1) is 17.7. The fourth-order valence-electron chi connectivity index (χ4n) is 2.01. The van der Waals surface area contributed by atoms with Gasteiger partial charge in [-0.3, -0.25) is 0 Å². The Morgan fingerprint density at radius 1 is 0.560 bits per heavy atom. The van der Waals surface area contributed by atoms with Gasteiger partial charge in [0.05, 0.1) is 11.1 Å². The maximum Gasteiger partial charge on any atom is 0.346 e. The topological polar surface area (TPSA) is 43.4 Å². The summed E-state index contributed by atoms with van der Waals surface area (Å²) in [5.41, 5.74) is 3.57. The van der Waals surface area contributed by atoms with Crippen molar-refractivity contribution >= 4 is 11.9 Å². The SMILES string of the molecule is C#C.O=C(OC(=O)c1ccccc1)c1ccccc1.c1cc2ccc1-2. The lowest BCUT2D eigenvalue weighted by Crippen LogP contribution is -2.12. The van der Waals surface area contributed by atoms with Crippen LogP contribution in [0.15, 0.2) is 84.9 Å². The Labute approximate surface area is 146 Å². The molecule has 2 aromatic carbocycles. The van der Waals surface area contributed by atoms with Gasteiger partial charge in [-0.25, -0.2) is 9.59 Å². The fraction of sp³-hybridized carbons (Fsp3) is 0. The van der Waals surface area contributed by atoms with E-state index in [1.54, 1.807) is 60.7 Å². The fourth-order valence-corrected chi connectivity index (χ4v) is 2.01. The molecule has 2 aliphatic rings. The molecule has 0 saturated heterocycles. The van der Waals surface area contributed by atoms with Gasteiger partial charge in [0, 0.05) is 0 Å². The molecule has 0 atom stereocenters. The van der Waals surface area contributed by atoms with Gasteiger partial charge >= 0.3 is 11.9 Å². The van der Waals surface area contributed by atoms with Gasteiger partial charge in [0.25, 0.3) is 0 Å². The van der Waals surface area contributed by atoms with Crippen LogP contribution in [0.2, 0.25) is 0 Å². The molecule has 2 aromatic rings. The van der Waals surface area contributed by atoms with Gasteiger partial charge in [0.2, 0.25) is 0 Å². The van der Waals surface area contributed by atoms with Crippen molar-refractivity contribution in [1.29, 1.82) is 0 Å². The molecule has 0 spiro atoms. The van der Waals surface area contributed by atoms with Crippen molar-refractivity contribution in [3.8, 4) is 24.0 Å². The lowest BCUT2D eigenvalue weighted by Gasteiger charge is -2.10. The molecule has 0 saturated carbocycles. The quantitative estimate of drug-likeness (QED) is 0.307. The summed E-state index contributed by atoms with van der Waals surface area (Å²) in [7, 11) is 0. The molecule has 0 amide bonds. The van der Waals surface area contributed by atoms with Crippen LogP contribution in [-0.4, -0.2) is 11.9 Å². The lowest BCUT2D eigenvalue weighted by atomic mass is 9.95. The summed E-state index contributed by atoms with van der Waals surface area (Å²) in [5, 5.41) is 0.